The quantitative estimate of drug-likeness (QED) is 0.617. The van der Waals surface area contributed by atoms with E-state index >= 15 is 0 Å². The first kappa shape index (κ1) is 12.6. The van der Waals surface area contributed by atoms with Crippen molar-refractivity contribution in [2.24, 2.45) is 0 Å². The fourth-order valence-electron chi connectivity index (χ4n) is 1.07. The predicted molar refractivity (Wildman–Crippen MR) is 62.7 cm³/mol. The molecule has 1 aromatic rings. The van der Waals surface area contributed by atoms with E-state index in [1.165, 1.54) is 13.2 Å². The highest BCUT2D eigenvalue weighted by molar-refractivity contribution is 6.39. The molecule has 0 spiro atoms. The third-order valence-corrected chi connectivity index (χ3v) is 2.97. The molecule has 0 radical (unpaired) electrons. The Kier molecular flexibility index (Phi) is 4.71. The molecule has 1 unspecified atom stereocenters. The van der Waals surface area contributed by atoms with E-state index in [1.807, 2.05) is 0 Å². The molecular weight excluding hydrogens is 258 g/mol. The number of carbonyl (C=O) groups excluding carboxylic acids is 1. The molecule has 82 valence electrons. The van der Waals surface area contributed by atoms with E-state index in [4.69, 9.17) is 39.5 Å². The highest BCUT2D eigenvalue weighted by Crippen LogP contribution is 2.26. The van der Waals surface area contributed by atoms with E-state index in [0.29, 0.717) is 16.3 Å². The van der Waals surface area contributed by atoms with Gasteiger partial charge in [0.15, 0.2) is 5.78 Å². The van der Waals surface area contributed by atoms with Crippen LogP contribution < -0.4 is 4.74 Å². The van der Waals surface area contributed by atoms with Gasteiger partial charge in [-0.25, -0.2) is 0 Å². The number of alkyl halides is 2. The molecule has 0 saturated carbocycles. The lowest BCUT2D eigenvalue weighted by Crippen LogP contribution is -2.16. The molecule has 0 aliphatic heterocycles. The molecule has 0 aliphatic rings. The Bertz CT molecular complexity index is 366. The molecule has 0 N–H and O–H groups in total. The van der Waals surface area contributed by atoms with Crippen molar-refractivity contribution < 1.29 is 9.53 Å². The Balaban J connectivity index is 2.97. The maximum atomic E-state index is 11.6. The van der Waals surface area contributed by atoms with Gasteiger partial charge in [0.25, 0.3) is 0 Å². The van der Waals surface area contributed by atoms with Gasteiger partial charge in [-0.15, -0.1) is 23.2 Å². The Morgan fingerprint density at radius 3 is 2.67 bits per heavy atom. The Labute approximate surface area is 103 Å². The Morgan fingerprint density at radius 2 is 2.20 bits per heavy atom. The van der Waals surface area contributed by atoms with Crippen molar-refractivity contribution in [2.75, 3.05) is 13.0 Å². The first-order valence-corrected chi connectivity index (χ1v) is 5.52. The van der Waals surface area contributed by atoms with Gasteiger partial charge in [0.2, 0.25) is 0 Å². The van der Waals surface area contributed by atoms with Crippen LogP contribution in [0.4, 0.5) is 0 Å². The van der Waals surface area contributed by atoms with Crippen LogP contribution in [0.3, 0.4) is 0 Å². The van der Waals surface area contributed by atoms with E-state index in [-0.39, 0.29) is 11.7 Å². The Morgan fingerprint density at radius 1 is 1.53 bits per heavy atom. The van der Waals surface area contributed by atoms with Gasteiger partial charge in [-0.2, -0.15) is 0 Å². The van der Waals surface area contributed by atoms with Crippen LogP contribution in [0.5, 0.6) is 5.75 Å². The number of benzene rings is 1. The second-order valence-electron chi connectivity index (χ2n) is 2.84. The zero-order valence-corrected chi connectivity index (χ0v) is 10.2. The SMILES string of the molecule is COc1ccc(C(=O)C(Cl)CCl)cc1Cl. The van der Waals surface area contributed by atoms with Gasteiger partial charge in [-0.1, -0.05) is 11.6 Å². The summed E-state index contributed by atoms with van der Waals surface area (Å²) in [6, 6.07) is 4.74. The number of hydrogen-bond donors (Lipinski definition) is 0. The zero-order chi connectivity index (χ0) is 11.4. The van der Waals surface area contributed by atoms with Crippen LogP contribution >= 0.6 is 34.8 Å². The second kappa shape index (κ2) is 5.59. The topological polar surface area (TPSA) is 26.3 Å². The van der Waals surface area contributed by atoms with Crippen LogP contribution in [0.25, 0.3) is 0 Å². The van der Waals surface area contributed by atoms with Crippen LogP contribution in [0.1, 0.15) is 10.4 Å². The van der Waals surface area contributed by atoms with Gasteiger partial charge >= 0.3 is 0 Å². The van der Waals surface area contributed by atoms with E-state index in [2.05, 4.69) is 0 Å². The summed E-state index contributed by atoms with van der Waals surface area (Å²) in [6.45, 7) is 0. The normalized spacial score (nSPS) is 12.3. The molecule has 0 amide bonds. The summed E-state index contributed by atoms with van der Waals surface area (Å²) in [7, 11) is 1.51. The summed E-state index contributed by atoms with van der Waals surface area (Å²) < 4.78 is 4.96. The third-order valence-electron chi connectivity index (χ3n) is 1.86. The average molecular weight is 268 g/mol. The van der Waals surface area contributed by atoms with Crippen molar-refractivity contribution in [1.82, 2.24) is 0 Å². The van der Waals surface area contributed by atoms with Gasteiger partial charge in [-0.05, 0) is 18.2 Å². The molecule has 0 heterocycles. The number of hydrogen-bond acceptors (Lipinski definition) is 2. The summed E-state index contributed by atoms with van der Waals surface area (Å²) in [5.74, 6) is 0.353. The van der Waals surface area contributed by atoms with Crippen molar-refractivity contribution in [3.05, 3.63) is 28.8 Å². The molecule has 15 heavy (non-hydrogen) atoms. The average Bonchev–Trinajstić information content (AvgIpc) is 2.26. The number of ether oxygens (including phenoxy) is 1. The number of methoxy groups -OCH3 is 1. The lowest BCUT2D eigenvalue weighted by atomic mass is 10.1. The molecule has 1 atom stereocenters. The van der Waals surface area contributed by atoms with Crippen LogP contribution in [0.2, 0.25) is 5.02 Å². The lowest BCUT2D eigenvalue weighted by Gasteiger charge is -2.07. The second-order valence-corrected chi connectivity index (χ2v) is 4.08. The van der Waals surface area contributed by atoms with Crippen LogP contribution in [-0.2, 0) is 0 Å². The van der Waals surface area contributed by atoms with Crippen LogP contribution in [0, 0.1) is 0 Å². The lowest BCUT2D eigenvalue weighted by molar-refractivity contribution is 0.0992. The highest BCUT2D eigenvalue weighted by atomic mass is 35.5. The van der Waals surface area contributed by atoms with E-state index in [0.717, 1.165) is 0 Å². The smallest absolute Gasteiger partial charge is 0.181 e. The fourth-order valence-corrected chi connectivity index (χ4v) is 1.59. The molecule has 0 fully saturated rings. The summed E-state index contributed by atoms with van der Waals surface area (Å²) >= 11 is 17.1. The van der Waals surface area contributed by atoms with Crippen molar-refractivity contribution in [1.29, 1.82) is 0 Å². The minimum absolute atomic E-state index is 0.0734. The molecule has 5 heteroatoms. The number of rotatable bonds is 4. The molecule has 0 aromatic heterocycles. The zero-order valence-electron chi connectivity index (χ0n) is 7.97. The van der Waals surface area contributed by atoms with Gasteiger partial charge in [-0.3, -0.25) is 4.79 Å². The standard InChI is InChI=1S/C10H9Cl3O2/c1-15-9-3-2-6(4-7(9)12)10(14)8(13)5-11/h2-4,8H,5H2,1H3. The molecular formula is C10H9Cl3O2. The first-order valence-electron chi connectivity index (χ1n) is 4.18. The number of ketones is 1. The van der Waals surface area contributed by atoms with E-state index in [9.17, 15) is 4.79 Å². The summed E-state index contributed by atoms with van der Waals surface area (Å²) in [5.41, 5.74) is 0.432. The summed E-state index contributed by atoms with van der Waals surface area (Å²) in [6.07, 6.45) is 0. The predicted octanol–water partition coefficient (Wildman–Crippen LogP) is 3.38. The number of carbonyl (C=O) groups is 1. The van der Waals surface area contributed by atoms with Crippen molar-refractivity contribution in [3.8, 4) is 5.75 Å². The van der Waals surface area contributed by atoms with Crippen LogP contribution in [-0.4, -0.2) is 24.2 Å². The maximum absolute atomic E-state index is 11.6. The molecule has 0 bridgehead atoms. The minimum Gasteiger partial charge on any atom is -0.495 e. The number of halogens is 3. The molecule has 0 aliphatic carbocycles. The number of Topliss-reactive ketones (excluding diaryl/α,β-unsaturated/α-hetero) is 1. The highest BCUT2D eigenvalue weighted by Gasteiger charge is 2.17. The van der Waals surface area contributed by atoms with Gasteiger partial charge in [0.1, 0.15) is 11.1 Å². The van der Waals surface area contributed by atoms with Crippen molar-refractivity contribution in [2.45, 2.75) is 5.38 Å². The third kappa shape index (κ3) is 3.00. The Hall–Kier alpha value is -0.440. The van der Waals surface area contributed by atoms with Crippen molar-refractivity contribution >= 4 is 40.6 Å². The van der Waals surface area contributed by atoms with E-state index < -0.39 is 5.38 Å². The molecule has 1 aromatic carbocycles. The van der Waals surface area contributed by atoms with Gasteiger partial charge < -0.3 is 4.74 Å². The van der Waals surface area contributed by atoms with E-state index in [1.54, 1.807) is 12.1 Å². The molecule has 2 nitrogen and oxygen atoms in total. The maximum Gasteiger partial charge on any atom is 0.181 e. The largest absolute Gasteiger partial charge is 0.495 e. The first-order chi connectivity index (χ1) is 7.10. The summed E-state index contributed by atoms with van der Waals surface area (Å²) in [5, 5.41) is -0.349. The minimum atomic E-state index is -0.726. The molecule has 0 saturated heterocycles. The molecule has 1 rings (SSSR count). The van der Waals surface area contributed by atoms with Gasteiger partial charge in [0.05, 0.1) is 12.1 Å². The van der Waals surface area contributed by atoms with Gasteiger partial charge in [0, 0.05) is 11.4 Å². The monoisotopic (exact) mass is 266 g/mol. The summed E-state index contributed by atoms with van der Waals surface area (Å²) in [4.78, 5) is 11.6. The fraction of sp³-hybridized carbons (Fsp3) is 0.300. The van der Waals surface area contributed by atoms with Crippen LogP contribution in [0.15, 0.2) is 18.2 Å². The van der Waals surface area contributed by atoms with Crippen molar-refractivity contribution in [3.63, 3.8) is 0 Å².